The van der Waals surface area contributed by atoms with E-state index in [1.807, 2.05) is 0 Å². The highest BCUT2D eigenvalue weighted by molar-refractivity contribution is 6.31. The summed E-state index contributed by atoms with van der Waals surface area (Å²) in [6, 6.07) is 5.33. The lowest BCUT2D eigenvalue weighted by molar-refractivity contribution is -0.274. The molecule has 1 aliphatic heterocycles. The van der Waals surface area contributed by atoms with Crippen molar-refractivity contribution in [2.75, 3.05) is 13.2 Å². The van der Waals surface area contributed by atoms with Gasteiger partial charge < -0.3 is 14.2 Å². The molecule has 0 radical (unpaired) electrons. The Morgan fingerprint density at radius 1 is 1.12 bits per heavy atom. The van der Waals surface area contributed by atoms with Crippen LogP contribution in [0.2, 0.25) is 5.15 Å². The van der Waals surface area contributed by atoms with Gasteiger partial charge in [-0.15, -0.1) is 28.5 Å². The first kappa shape index (κ1) is 16.7. The van der Waals surface area contributed by atoms with E-state index in [1.165, 1.54) is 22.7 Å². The molecule has 0 spiro atoms. The molecule has 3 heterocycles. The van der Waals surface area contributed by atoms with Crippen LogP contribution >= 0.6 is 11.6 Å². The Hall–Kier alpha value is -2.75. The third kappa shape index (κ3) is 3.07. The van der Waals surface area contributed by atoms with Gasteiger partial charge in [0, 0.05) is 12.0 Å². The third-order valence-corrected chi connectivity index (χ3v) is 3.78. The average molecular weight is 387 g/mol. The highest BCUT2D eigenvalue weighted by atomic mass is 35.5. The Morgan fingerprint density at radius 3 is 2.65 bits per heavy atom. The van der Waals surface area contributed by atoms with Gasteiger partial charge in [0.25, 0.3) is 0 Å². The van der Waals surface area contributed by atoms with Crippen LogP contribution in [0.15, 0.2) is 24.3 Å². The zero-order valence-corrected chi connectivity index (χ0v) is 13.7. The maximum absolute atomic E-state index is 12.4. The zero-order valence-electron chi connectivity index (χ0n) is 13.0. The van der Waals surface area contributed by atoms with Crippen molar-refractivity contribution in [1.29, 1.82) is 0 Å². The van der Waals surface area contributed by atoms with Gasteiger partial charge >= 0.3 is 6.36 Å². The molecule has 0 unspecified atom stereocenters. The van der Waals surface area contributed by atoms with Crippen LogP contribution in [0.3, 0.4) is 0 Å². The molecular weight excluding hydrogens is 377 g/mol. The minimum absolute atomic E-state index is 0.0400. The normalized spacial score (nSPS) is 14.3. The molecule has 0 bridgehead atoms. The Kier molecular flexibility index (Phi) is 3.98. The maximum Gasteiger partial charge on any atom is 0.573 e. The van der Waals surface area contributed by atoms with Crippen LogP contribution in [0.25, 0.3) is 17.0 Å². The first-order chi connectivity index (χ1) is 12.4. The van der Waals surface area contributed by atoms with Crippen LogP contribution in [-0.4, -0.2) is 39.4 Å². The second kappa shape index (κ2) is 6.20. The lowest BCUT2D eigenvalue weighted by atomic mass is 10.2. The Labute approximate surface area is 149 Å². The number of rotatable bonds is 2. The molecule has 26 heavy (non-hydrogen) atoms. The number of nitrogens with zero attached hydrogens (tertiary/aromatic N) is 4. The van der Waals surface area contributed by atoms with Crippen molar-refractivity contribution in [3.05, 3.63) is 29.4 Å². The van der Waals surface area contributed by atoms with Gasteiger partial charge in [-0.05, 0) is 12.1 Å². The van der Waals surface area contributed by atoms with E-state index < -0.39 is 6.36 Å². The van der Waals surface area contributed by atoms with E-state index in [9.17, 15) is 13.2 Å². The number of aromatic nitrogens is 4. The number of halogens is 4. The number of alkyl halides is 3. The Bertz CT molecular complexity index is 977. The van der Waals surface area contributed by atoms with Gasteiger partial charge in [-0.3, -0.25) is 0 Å². The van der Waals surface area contributed by atoms with Crippen LogP contribution in [0.5, 0.6) is 17.2 Å². The van der Waals surface area contributed by atoms with Gasteiger partial charge in [-0.1, -0.05) is 23.7 Å². The number of ether oxygens (including phenoxy) is 3. The average Bonchev–Trinajstić information content (AvgIpc) is 2.82. The van der Waals surface area contributed by atoms with Crippen LogP contribution < -0.4 is 14.2 Å². The first-order valence-electron chi connectivity index (χ1n) is 7.49. The van der Waals surface area contributed by atoms with Crippen molar-refractivity contribution in [3.8, 4) is 28.6 Å². The summed E-state index contributed by atoms with van der Waals surface area (Å²) in [5, 5.41) is 12.2. The van der Waals surface area contributed by atoms with Crippen LogP contribution in [0.1, 0.15) is 6.42 Å². The van der Waals surface area contributed by atoms with E-state index in [2.05, 4.69) is 20.0 Å². The number of hydrogen-bond acceptors (Lipinski definition) is 6. The molecule has 1 aliphatic rings. The van der Waals surface area contributed by atoms with E-state index in [1.54, 1.807) is 6.07 Å². The summed E-state index contributed by atoms with van der Waals surface area (Å²) in [5.74, 6) is 0.367. The summed E-state index contributed by atoms with van der Waals surface area (Å²) in [6.07, 6.45) is -4.13. The van der Waals surface area contributed by atoms with Crippen molar-refractivity contribution < 1.29 is 27.4 Å². The van der Waals surface area contributed by atoms with E-state index in [0.717, 1.165) is 0 Å². The third-order valence-electron chi connectivity index (χ3n) is 3.53. The largest absolute Gasteiger partial charge is 0.573 e. The summed E-state index contributed by atoms with van der Waals surface area (Å²) < 4.78 is 53.7. The topological polar surface area (TPSA) is 70.8 Å². The molecular formula is C15H10ClF3N4O3. The van der Waals surface area contributed by atoms with Gasteiger partial charge in [-0.25, -0.2) is 0 Å². The molecule has 7 nitrogen and oxygen atoms in total. The molecule has 0 N–H and O–H groups in total. The Morgan fingerprint density at radius 2 is 1.88 bits per heavy atom. The minimum Gasteiger partial charge on any atom is -0.487 e. The van der Waals surface area contributed by atoms with Gasteiger partial charge in [0.1, 0.15) is 5.75 Å². The van der Waals surface area contributed by atoms with Crippen molar-refractivity contribution in [1.82, 2.24) is 19.8 Å². The summed E-state index contributed by atoms with van der Waals surface area (Å²) in [6.45, 7) is 0.822. The molecule has 0 amide bonds. The monoisotopic (exact) mass is 386 g/mol. The fraction of sp³-hybridized carbons (Fsp3) is 0.267. The van der Waals surface area contributed by atoms with Crippen LogP contribution in [-0.2, 0) is 0 Å². The second-order valence-corrected chi connectivity index (χ2v) is 5.69. The number of hydrogen-bond donors (Lipinski definition) is 0. The fourth-order valence-electron chi connectivity index (χ4n) is 2.52. The first-order valence-corrected chi connectivity index (χ1v) is 7.87. The zero-order chi connectivity index (χ0) is 18.3. The Balaban J connectivity index is 1.82. The van der Waals surface area contributed by atoms with Gasteiger partial charge in [0.2, 0.25) is 17.1 Å². The van der Waals surface area contributed by atoms with Gasteiger partial charge in [-0.2, -0.15) is 4.52 Å². The van der Waals surface area contributed by atoms with Crippen molar-refractivity contribution >= 4 is 17.2 Å². The smallest absolute Gasteiger partial charge is 0.487 e. The van der Waals surface area contributed by atoms with Crippen molar-refractivity contribution in [2.45, 2.75) is 12.8 Å². The molecule has 11 heteroatoms. The molecule has 136 valence electrons. The lowest BCUT2D eigenvalue weighted by Crippen LogP contribution is -2.17. The number of benzene rings is 1. The summed E-state index contributed by atoms with van der Waals surface area (Å²) in [4.78, 5) is 0. The molecule has 2 aromatic heterocycles. The lowest BCUT2D eigenvalue weighted by Gasteiger charge is -2.10. The molecule has 1 aromatic carbocycles. The summed E-state index contributed by atoms with van der Waals surface area (Å²) >= 11 is 6.16. The molecule has 4 rings (SSSR count). The van der Waals surface area contributed by atoms with Crippen molar-refractivity contribution in [3.63, 3.8) is 0 Å². The van der Waals surface area contributed by atoms with Gasteiger partial charge in [0.15, 0.2) is 11.0 Å². The molecule has 0 aliphatic carbocycles. The molecule has 0 atom stereocenters. The van der Waals surface area contributed by atoms with E-state index in [4.69, 9.17) is 21.1 Å². The summed E-state index contributed by atoms with van der Waals surface area (Å²) in [7, 11) is 0. The minimum atomic E-state index is -4.80. The quantitative estimate of drug-likeness (QED) is 0.671. The molecule has 3 aromatic rings. The second-order valence-electron chi connectivity index (χ2n) is 5.33. The number of fused-ring (bicyclic) bond motifs is 3. The maximum atomic E-state index is 12.4. The van der Waals surface area contributed by atoms with E-state index in [0.29, 0.717) is 30.9 Å². The SMILES string of the molecule is FC(F)(F)Oc1cccc(-c2nnc3c4c(c(Cl)nn23)OCCCO4)c1. The fourth-order valence-corrected chi connectivity index (χ4v) is 2.74. The van der Waals surface area contributed by atoms with Gasteiger partial charge in [0.05, 0.1) is 13.2 Å². The molecule has 0 saturated carbocycles. The van der Waals surface area contributed by atoms with E-state index in [-0.39, 0.29) is 28.1 Å². The summed E-state index contributed by atoms with van der Waals surface area (Å²) in [5.41, 5.74) is 0.570. The van der Waals surface area contributed by atoms with Crippen LogP contribution in [0, 0.1) is 0 Å². The van der Waals surface area contributed by atoms with Crippen LogP contribution in [0.4, 0.5) is 13.2 Å². The highest BCUT2D eigenvalue weighted by Crippen LogP contribution is 2.39. The molecule has 0 saturated heterocycles. The van der Waals surface area contributed by atoms with E-state index >= 15 is 0 Å². The predicted octanol–water partition coefficient (Wildman–Crippen LogP) is 3.50. The highest BCUT2D eigenvalue weighted by Gasteiger charge is 2.31. The molecule has 0 fully saturated rings. The predicted molar refractivity (Wildman–Crippen MR) is 83.5 cm³/mol. The van der Waals surface area contributed by atoms with Crippen molar-refractivity contribution in [2.24, 2.45) is 0 Å². The standard InChI is InChI=1S/C15H10ClF3N4O3/c16-12-10-11(25-6-2-5-24-10)14-21-20-13(23(14)22-12)8-3-1-4-9(7-8)26-15(17,18)19/h1,3-4,7H,2,5-6H2.